The molecule has 3 nitrogen and oxygen atoms in total. The highest BCUT2D eigenvalue weighted by Gasteiger charge is 2.06. The zero-order chi connectivity index (χ0) is 13.1. The van der Waals surface area contributed by atoms with Gasteiger partial charge in [-0.15, -0.1) is 0 Å². The first-order valence-electron chi connectivity index (χ1n) is 5.69. The molecule has 18 heavy (non-hydrogen) atoms. The van der Waals surface area contributed by atoms with Gasteiger partial charge in [0.2, 0.25) is 0 Å². The Labute approximate surface area is 108 Å². The van der Waals surface area contributed by atoms with Crippen molar-refractivity contribution in [1.29, 1.82) is 0 Å². The fourth-order valence-corrected chi connectivity index (χ4v) is 2.56. The van der Waals surface area contributed by atoms with Crippen molar-refractivity contribution in [1.82, 2.24) is 4.57 Å². The minimum atomic E-state index is -0.613. The van der Waals surface area contributed by atoms with Crippen LogP contribution in [-0.2, 0) is 4.52 Å². The molecule has 0 N–H and O–H groups in total. The molecular formula is C14H16NO2P. The number of nitrogens with zero attached hydrogens (tertiary/aromatic N) is 1. The second kappa shape index (κ2) is 5.47. The largest absolute Gasteiger partial charge is 0.358 e. The van der Waals surface area contributed by atoms with E-state index < -0.39 is 8.15 Å². The van der Waals surface area contributed by atoms with Crippen LogP contribution in [0.1, 0.15) is 5.56 Å². The van der Waals surface area contributed by atoms with Crippen LogP contribution in [0.15, 0.2) is 47.4 Å². The summed E-state index contributed by atoms with van der Waals surface area (Å²) >= 11 is 0. The molecule has 94 valence electrons. The molecule has 0 radical (unpaired) electrons. The van der Waals surface area contributed by atoms with Crippen molar-refractivity contribution in [2.24, 2.45) is 0 Å². The van der Waals surface area contributed by atoms with Gasteiger partial charge in [-0.25, -0.2) is 0 Å². The third-order valence-corrected chi connectivity index (χ3v) is 4.36. The summed E-state index contributed by atoms with van der Waals surface area (Å²) < 4.78 is 7.02. The molecule has 1 aromatic carbocycles. The summed E-state index contributed by atoms with van der Waals surface area (Å²) in [5.41, 5.74) is 1.92. The maximum Gasteiger partial charge on any atom is 0.255 e. The SMILES string of the molecule is COP(C)c1cccc(-n2cc(C)ccc2=O)c1. The van der Waals surface area contributed by atoms with Gasteiger partial charge in [0.25, 0.3) is 5.56 Å². The van der Waals surface area contributed by atoms with E-state index in [1.807, 2.05) is 50.1 Å². The first-order valence-corrected chi connectivity index (χ1v) is 7.40. The van der Waals surface area contributed by atoms with Crippen LogP contribution in [0.5, 0.6) is 0 Å². The van der Waals surface area contributed by atoms with Crippen molar-refractivity contribution < 1.29 is 4.52 Å². The van der Waals surface area contributed by atoms with E-state index in [9.17, 15) is 4.79 Å². The molecule has 0 aliphatic carbocycles. The number of aryl methyl sites for hydroxylation is 1. The average molecular weight is 261 g/mol. The Kier molecular flexibility index (Phi) is 3.95. The number of aromatic nitrogens is 1. The topological polar surface area (TPSA) is 31.2 Å². The lowest BCUT2D eigenvalue weighted by atomic mass is 10.2. The normalized spacial score (nSPS) is 12.4. The molecule has 4 heteroatoms. The van der Waals surface area contributed by atoms with Crippen molar-refractivity contribution in [2.45, 2.75) is 6.92 Å². The number of rotatable bonds is 3. The van der Waals surface area contributed by atoms with Gasteiger partial charge in [-0.1, -0.05) is 18.2 Å². The van der Waals surface area contributed by atoms with Crippen molar-refractivity contribution in [2.75, 3.05) is 13.8 Å². The molecule has 1 atom stereocenters. The summed E-state index contributed by atoms with van der Waals surface area (Å²) in [5.74, 6) is 0. The van der Waals surface area contributed by atoms with Crippen molar-refractivity contribution in [3.8, 4) is 5.69 Å². The lowest BCUT2D eigenvalue weighted by Gasteiger charge is -2.12. The van der Waals surface area contributed by atoms with E-state index in [-0.39, 0.29) is 5.56 Å². The molecule has 1 unspecified atom stereocenters. The van der Waals surface area contributed by atoms with Crippen LogP contribution < -0.4 is 10.9 Å². The molecule has 0 saturated carbocycles. The Morgan fingerprint density at radius 1 is 1.22 bits per heavy atom. The van der Waals surface area contributed by atoms with Crippen LogP contribution in [-0.4, -0.2) is 18.3 Å². The van der Waals surface area contributed by atoms with Gasteiger partial charge < -0.3 is 4.52 Å². The maximum atomic E-state index is 11.9. The minimum absolute atomic E-state index is 0.0180. The molecule has 2 rings (SSSR count). The quantitative estimate of drug-likeness (QED) is 0.795. The first-order chi connectivity index (χ1) is 8.61. The van der Waals surface area contributed by atoms with Crippen LogP contribution in [0.4, 0.5) is 0 Å². The highest BCUT2D eigenvalue weighted by atomic mass is 31.1. The smallest absolute Gasteiger partial charge is 0.255 e. The number of benzene rings is 1. The highest BCUT2D eigenvalue weighted by molar-refractivity contribution is 7.60. The third-order valence-electron chi connectivity index (χ3n) is 2.80. The molecule has 2 aromatic rings. The molecule has 0 aliphatic heterocycles. The van der Waals surface area contributed by atoms with Crippen LogP contribution in [0.3, 0.4) is 0 Å². The van der Waals surface area contributed by atoms with Crippen molar-refractivity contribution in [3.05, 3.63) is 58.5 Å². The van der Waals surface area contributed by atoms with Crippen LogP contribution >= 0.6 is 8.15 Å². The standard InChI is InChI=1S/C14H16NO2P/c1-11-7-8-14(16)15(10-11)12-5-4-6-13(9-12)18(3)17-2/h4-10H,1-3H3. The summed E-state index contributed by atoms with van der Waals surface area (Å²) in [6.07, 6.45) is 1.85. The summed E-state index contributed by atoms with van der Waals surface area (Å²) in [6.45, 7) is 4.02. The predicted molar refractivity (Wildman–Crippen MR) is 76.3 cm³/mol. The van der Waals surface area contributed by atoms with E-state index in [2.05, 4.69) is 0 Å². The van der Waals surface area contributed by atoms with E-state index in [1.165, 1.54) is 0 Å². The van der Waals surface area contributed by atoms with Crippen molar-refractivity contribution >= 4 is 13.5 Å². The van der Waals surface area contributed by atoms with Gasteiger partial charge in [0.1, 0.15) is 0 Å². The number of hydrogen-bond donors (Lipinski definition) is 0. The first kappa shape index (κ1) is 13.0. The molecule has 0 fully saturated rings. The number of hydrogen-bond acceptors (Lipinski definition) is 2. The lowest BCUT2D eigenvalue weighted by Crippen LogP contribution is -2.17. The summed E-state index contributed by atoms with van der Waals surface area (Å²) in [5, 5.41) is 1.12. The Morgan fingerprint density at radius 3 is 2.72 bits per heavy atom. The third kappa shape index (κ3) is 2.69. The van der Waals surface area contributed by atoms with E-state index >= 15 is 0 Å². The minimum Gasteiger partial charge on any atom is -0.358 e. The summed E-state index contributed by atoms with van der Waals surface area (Å²) in [6, 6.07) is 11.3. The van der Waals surface area contributed by atoms with Gasteiger partial charge in [0, 0.05) is 30.4 Å². The van der Waals surface area contributed by atoms with Gasteiger partial charge in [0.05, 0.1) is 8.15 Å². The van der Waals surface area contributed by atoms with E-state index in [4.69, 9.17) is 4.52 Å². The second-order valence-electron chi connectivity index (χ2n) is 4.11. The molecule has 1 heterocycles. The fourth-order valence-electron chi connectivity index (χ4n) is 1.74. The van der Waals surface area contributed by atoms with Gasteiger partial charge >= 0.3 is 0 Å². The molecule has 0 amide bonds. The Balaban J connectivity index is 2.51. The molecule has 0 spiro atoms. The Hall–Kier alpha value is -1.44. The number of pyridine rings is 1. The molecule has 0 aliphatic rings. The summed E-state index contributed by atoms with van der Waals surface area (Å²) in [7, 11) is 1.09. The van der Waals surface area contributed by atoms with Crippen LogP contribution in [0, 0.1) is 6.92 Å². The maximum absolute atomic E-state index is 11.9. The van der Waals surface area contributed by atoms with E-state index in [1.54, 1.807) is 17.7 Å². The highest BCUT2D eigenvalue weighted by Crippen LogP contribution is 2.29. The van der Waals surface area contributed by atoms with Crippen molar-refractivity contribution in [3.63, 3.8) is 0 Å². The van der Waals surface area contributed by atoms with Gasteiger partial charge in [-0.05, 0) is 31.3 Å². The van der Waals surface area contributed by atoms with Crippen LogP contribution in [0.25, 0.3) is 5.69 Å². The monoisotopic (exact) mass is 261 g/mol. The van der Waals surface area contributed by atoms with E-state index in [0.717, 1.165) is 16.6 Å². The Morgan fingerprint density at radius 2 is 2.00 bits per heavy atom. The van der Waals surface area contributed by atoms with Gasteiger partial charge in [0.15, 0.2) is 0 Å². The molecular weight excluding hydrogens is 245 g/mol. The lowest BCUT2D eigenvalue weighted by molar-refractivity contribution is 0.471. The second-order valence-corrected chi connectivity index (χ2v) is 5.99. The van der Waals surface area contributed by atoms with Gasteiger partial charge in [-0.2, -0.15) is 0 Å². The fraction of sp³-hybridized carbons (Fsp3) is 0.214. The van der Waals surface area contributed by atoms with Crippen LogP contribution in [0.2, 0.25) is 0 Å². The summed E-state index contributed by atoms with van der Waals surface area (Å²) in [4.78, 5) is 11.9. The molecule has 0 saturated heterocycles. The zero-order valence-corrected chi connectivity index (χ0v) is 11.6. The Bertz CT molecular complexity index is 607. The molecule has 0 bridgehead atoms. The average Bonchev–Trinajstić information content (AvgIpc) is 2.40. The molecule has 1 aromatic heterocycles. The van der Waals surface area contributed by atoms with E-state index in [0.29, 0.717) is 0 Å². The zero-order valence-electron chi connectivity index (χ0n) is 10.8. The predicted octanol–water partition coefficient (Wildman–Crippen LogP) is 2.44. The van der Waals surface area contributed by atoms with Gasteiger partial charge in [-0.3, -0.25) is 9.36 Å².